The molecule has 0 aliphatic heterocycles. The second kappa shape index (κ2) is 6.71. The minimum Gasteiger partial charge on any atom is -0.368 e. The zero-order chi connectivity index (χ0) is 15.4. The molecule has 3 rings (SSSR count). The Morgan fingerprint density at radius 1 is 1.27 bits per heavy atom. The second-order valence-electron chi connectivity index (χ2n) is 5.76. The van der Waals surface area contributed by atoms with Crippen LogP contribution in [0.2, 0.25) is 0 Å². The van der Waals surface area contributed by atoms with E-state index < -0.39 is 0 Å². The van der Waals surface area contributed by atoms with Crippen molar-refractivity contribution in [2.45, 2.75) is 32.4 Å². The fourth-order valence-electron chi connectivity index (χ4n) is 2.77. The summed E-state index contributed by atoms with van der Waals surface area (Å²) in [6, 6.07) is 11.1. The molecule has 114 valence electrons. The van der Waals surface area contributed by atoms with Crippen LogP contribution in [-0.2, 0) is 6.54 Å². The number of rotatable bonds is 6. The van der Waals surface area contributed by atoms with E-state index in [1.807, 2.05) is 0 Å². The quantitative estimate of drug-likeness (QED) is 0.859. The van der Waals surface area contributed by atoms with Crippen molar-refractivity contribution in [3.8, 4) is 0 Å². The first-order valence-electron chi connectivity index (χ1n) is 7.81. The third-order valence-corrected chi connectivity index (χ3v) is 4.12. The summed E-state index contributed by atoms with van der Waals surface area (Å²) in [7, 11) is 0. The summed E-state index contributed by atoms with van der Waals surface area (Å²) in [5, 5.41) is 3.58. The summed E-state index contributed by atoms with van der Waals surface area (Å²) in [6.07, 6.45) is 8.21. The molecule has 2 atom stereocenters. The van der Waals surface area contributed by atoms with Gasteiger partial charge in [-0.15, -0.1) is 0 Å². The zero-order valence-electron chi connectivity index (χ0n) is 12.9. The van der Waals surface area contributed by atoms with Gasteiger partial charge in [0, 0.05) is 30.5 Å². The Morgan fingerprint density at radius 3 is 2.68 bits per heavy atom. The van der Waals surface area contributed by atoms with Crippen molar-refractivity contribution in [3.63, 3.8) is 0 Å². The number of nitrogens with zero attached hydrogens (tertiary/aromatic N) is 2. The van der Waals surface area contributed by atoms with Crippen molar-refractivity contribution in [1.82, 2.24) is 15.3 Å². The number of nitrogen functional groups attached to an aromatic ring is 1. The molecule has 2 unspecified atom stereocenters. The highest BCUT2D eigenvalue weighted by Crippen LogP contribution is 2.39. The smallest absolute Gasteiger partial charge is 0.219 e. The van der Waals surface area contributed by atoms with Gasteiger partial charge in [-0.3, -0.25) is 0 Å². The molecule has 4 nitrogen and oxygen atoms in total. The fraction of sp³-hybridized carbons (Fsp3) is 0.333. The lowest BCUT2D eigenvalue weighted by molar-refractivity contribution is 0.652. The van der Waals surface area contributed by atoms with Crippen LogP contribution in [0.4, 0.5) is 5.95 Å². The Hall–Kier alpha value is -2.20. The van der Waals surface area contributed by atoms with E-state index in [1.54, 1.807) is 12.4 Å². The summed E-state index contributed by atoms with van der Waals surface area (Å²) in [6.45, 7) is 3.03. The topological polar surface area (TPSA) is 63.8 Å². The molecule has 1 fully saturated rings. The van der Waals surface area contributed by atoms with Crippen molar-refractivity contribution >= 4 is 12.0 Å². The van der Waals surface area contributed by atoms with E-state index >= 15 is 0 Å². The average Bonchev–Trinajstić information content (AvgIpc) is 3.32. The minimum atomic E-state index is 0.326. The maximum absolute atomic E-state index is 5.50. The number of aromatic nitrogens is 2. The highest BCUT2D eigenvalue weighted by atomic mass is 15.0. The molecule has 0 amide bonds. The van der Waals surface area contributed by atoms with Gasteiger partial charge in [0.1, 0.15) is 0 Å². The third-order valence-electron chi connectivity index (χ3n) is 4.12. The van der Waals surface area contributed by atoms with Gasteiger partial charge in [-0.05, 0) is 24.3 Å². The molecule has 1 aliphatic carbocycles. The van der Waals surface area contributed by atoms with E-state index in [4.69, 9.17) is 5.73 Å². The van der Waals surface area contributed by atoms with E-state index in [-0.39, 0.29) is 0 Å². The van der Waals surface area contributed by atoms with Crippen LogP contribution in [0.3, 0.4) is 0 Å². The second-order valence-corrected chi connectivity index (χ2v) is 5.76. The molecule has 22 heavy (non-hydrogen) atoms. The van der Waals surface area contributed by atoms with Crippen LogP contribution in [-0.4, -0.2) is 16.0 Å². The molecule has 4 heteroatoms. The van der Waals surface area contributed by atoms with Crippen LogP contribution in [0.1, 0.15) is 30.9 Å². The van der Waals surface area contributed by atoms with Crippen LogP contribution in [0.15, 0.2) is 48.3 Å². The predicted molar refractivity (Wildman–Crippen MR) is 89.9 cm³/mol. The summed E-state index contributed by atoms with van der Waals surface area (Å²) in [5.41, 5.74) is 9.39. The molecule has 1 aromatic heterocycles. The van der Waals surface area contributed by atoms with E-state index in [2.05, 4.69) is 58.6 Å². The zero-order valence-corrected chi connectivity index (χ0v) is 12.9. The highest BCUT2D eigenvalue weighted by molar-refractivity contribution is 5.54. The summed E-state index contributed by atoms with van der Waals surface area (Å²) < 4.78 is 0. The van der Waals surface area contributed by atoms with E-state index in [9.17, 15) is 0 Å². The van der Waals surface area contributed by atoms with Crippen molar-refractivity contribution in [3.05, 3.63) is 59.4 Å². The fourth-order valence-corrected chi connectivity index (χ4v) is 2.77. The number of hydrogen-bond donors (Lipinski definition) is 2. The molecule has 0 spiro atoms. The standard InChI is InChI=1S/C18H22N4/c1-2-15(8-13-6-4-3-5-7-13)16-9-17(16)20-10-14-11-21-18(19)22-12-14/h3-8,11-12,16-17,20H,2,9-10H2,1H3,(H2,19,21,22)/b15-8+. The molecule has 0 saturated heterocycles. The van der Waals surface area contributed by atoms with E-state index in [1.165, 1.54) is 17.6 Å². The Morgan fingerprint density at radius 2 is 2.00 bits per heavy atom. The number of nitrogens with two attached hydrogens (primary N) is 1. The number of anilines is 1. The van der Waals surface area contributed by atoms with Gasteiger partial charge in [0.15, 0.2) is 0 Å². The normalized spacial score (nSPS) is 20.9. The molecule has 1 aromatic carbocycles. The Kier molecular flexibility index (Phi) is 4.49. The number of benzene rings is 1. The Bertz CT molecular complexity index is 634. The lowest BCUT2D eigenvalue weighted by Crippen LogP contribution is -2.18. The van der Waals surface area contributed by atoms with Gasteiger partial charge in [0.25, 0.3) is 0 Å². The molecule has 1 heterocycles. The van der Waals surface area contributed by atoms with Crippen LogP contribution >= 0.6 is 0 Å². The van der Waals surface area contributed by atoms with Crippen molar-refractivity contribution in [2.24, 2.45) is 5.92 Å². The highest BCUT2D eigenvalue weighted by Gasteiger charge is 2.38. The SMILES string of the molecule is CC/C(=C\c1ccccc1)C1CC1NCc1cnc(N)nc1. The van der Waals surface area contributed by atoms with Crippen LogP contribution in [0.5, 0.6) is 0 Å². The monoisotopic (exact) mass is 294 g/mol. The molecule has 0 bridgehead atoms. The van der Waals surface area contributed by atoms with Crippen molar-refractivity contribution in [1.29, 1.82) is 0 Å². The maximum Gasteiger partial charge on any atom is 0.219 e. The predicted octanol–water partition coefficient (Wildman–Crippen LogP) is 3.03. The lowest BCUT2D eigenvalue weighted by Gasteiger charge is -2.07. The number of hydrogen-bond acceptors (Lipinski definition) is 4. The van der Waals surface area contributed by atoms with Crippen molar-refractivity contribution < 1.29 is 0 Å². The molecule has 1 saturated carbocycles. The van der Waals surface area contributed by atoms with Gasteiger partial charge >= 0.3 is 0 Å². The first kappa shape index (κ1) is 14.7. The van der Waals surface area contributed by atoms with Gasteiger partial charge < -0.3 is 11.1 Å². The van der Waals surface area contributed by atoms with Gasteiger partial charge in [0.05, 0.1) is 0 Å². The summed E-state index contributed by atoms with van der Waals surface area (Å²) in [5.74, 6) is 0.979. The Labute approximate surface area is 131 Å². The van der Waals surface area contributed by atoms with Crippen LogP contribution in [0.25, 0.3) is 6.08 Å². The van der Waals surface area contributed by atoms with Gasteiger partial charge in [-0.25, -0.2) is 9.97 Å². The Balaban J connectivity index is 1.56. The first-order chi connectivity index (χ1) is 10.8. The van der Waals surface area contributed by atoms with E-state index in [0.29, 0.717) is 17.9 Å². The molecular formula is C18H22N4. The first-order valence-corrected chi connectivity index (χ1v) is 7.81. The van der Waals surface area contributed by atoms with Gasteiger partial charge in [-0.2, -0.15) is 0 Å². The van der Waals surface area contributed by atoms with Gasteiger partial charge in [0.2, 0.25) is 5.95 Å². The van der Waals surface area contributed by atoms with Gasteiger partial charge in [-0.1, -0.05) is 48.9 Å². The molecule has 0 radical (unpaired) electrons. The minimum absolute atomic E-state index is 0.326. The maximum atomic E-state index is 5.50. The molecular weight excluding hydrogens is 272 g/mol. The largest absolute Gasteiger partial charge is 0.368 e. The average molecular weight is 294 g/mol. The molecule has 2 aromatic rings. The number of nitrogens with one attached hydrogen (secondary N) is 1. The summed E-state index contributed by atoms with van der Waals surface area (Å²) >= 11 is 0. The van der Waals surface area contributed by atoms with Crippen LogP contribution in [0, 0.1) is 5.92 Å². The molecule has 1 aliphatic rings. The third kappa shape index (κ3) is 3.71. The summed E-state index contributed by atoms with van der Waals surface area (Å²) in [4.78, 5) is 8.04. The lowest BCUT2D eigenvalue weighted by atomic mass is 10.0. The molecule has 3 N–H and O–H groups in total. The van der Waals surface area contributed by atoms with Crippen LogP contribution < -0.4 is 11.1 Å². The van der Waals surface area contributed by atoms with E-state index in [0.717, 1.165) is 18.5 Å². The van der Waals surface area contributed by atoms with Crippen molar-refractivity contribution in [2.75, 3.05) is 5.73 Å².